The molecule has 4 heteroatoms. The van der Waals surface area contributed by atoms with Crippen LogP contribution in [0.5, 0.6) is 0 Å². The maximum atomic E-state index is 6.50. The molecule has 0 N–H and O–H groups in total. The third-order valence-electron chi connectivity index (χ3n) is 10.5. The number of hydrogen-bond acceptors (Lipinski definition) is 4. The summed E-state index contributed by atoms with van der Waals surface area (Å²) in [6.45, 7) is 0. The Balaban J connectivity index is 1.12. The molecule has 53 heavy (non-hydrogen) atoms. The zero-order valence-electron chi connectivity index (χ0n) is 28.5. The highest BCUT2D eigenvalue weighted by atomic mass is 16.3. The molecule has 0 amide bonds. The molecule has 0 saturated heterocycles. The zero-order valence-corrected chi connectivity index (χ0v) is 28.5. The quantitative estimate of drug-likeness (QED) is 0.182. The van der Waals surface area contributed by atoms with E-state index in [1.165, 1.54) is 33.0 Å². The molecule has 1 aliphatic rings. The summed E-state index contributed by atoms with van der Waals surface area (Å²) >= 11 is 0. The SMILES string of the molecule is c1ccc(-c2ccc3c(c2)oc2cccc(-c4nc(-c5ccccc5)nc(-c5ccccc5-c5ccc6c7c(cccc57)-c5ccccc5-6)n4)c23)cc1. The molecule has 2 heterocycles. The van der Waals surface area contributed by atoms with Crippen molar-refractivity contribution in [2.45, 2.75) is 0 Å². The number of furan rings is 1. The number of fused-ring (bicyclic) bond motifs is 6. The summed E-state index contributed by atoms with van der Waals surface area (Å²) in [5, 5.41) is 4.51. The average Bonchev–Trinajstić information content (AvgIpc) is 3.78. The van der Waals surface area contributed by atoms with E-state index in [1.807, 2.05) is 36.4 Å². The van der Waals surface area contributed by atoms with Crippen LogP contribution in [0.4, 0.5) is 0 Å². The van der Waals surface area contributed by atoms with Gasteiger partial charge in [0, 0.05) is 27.5 Å². The monoisotopic (exact) mass is 675 g/mol. The van der Waals surface area contributed by atoms with Crippen LogP contribution in [0.3, 0.4) is 0 Å². The van der Waals surface area contributed by atoms with Crippen molar-refractivity contribution in [3.05, 3.63) is 176 Å². The van der Waals surface area contributed by atoms with Crippen LogP contribution < -0.4 is 0 Å². The molecule has 0 unspecified atom stereocenters. The summed E-state index contributed by atoms with van der Waals surface area (Å²) in [5.74, 6) is 1.83. The molecule has 8 aromatic carbocycles. The Morgan fingerprint density at radius 1 is 0.283 bits per heavy atom. The molecule has 2 aromatic heterocycles. The molecule has 0 radical (unpaired) electrons. The van der Waals surface area contributed by atoms with Gasteiger partial charge < -0.3 is 4.42 Å². The van der Waals surface area contributed by atoms with Crippen molar-refractivity contribution in [1.82, 2.24) is 15.0 Å². The minimum Gasteiger partial charge on any atom is -0.456 e. The molecule has 0 bridgehead atoms. The van der Waals surface area contributed by atoms with E-state index in [9.17, 15) is 0 Å². The average molecular weight is 676 g/mol. The summed E-state index contributed by atoms with van der Waals surface area (Å²) < 4.78 is 6.50. The Bertz CT molecular complexity index is 3030. The molecule has 0 aliphatic heterocycles. The van der Waals surface area contributed by atoms with Crippen molar-refractivity contribution < 1.29 is 4.42 Å². The Kier molecular flexibility index (Phi) is 6.52. The van der Waals surface area contributed by atoms with Gasteiger partial charge in [0.15, 0.2) is 17.5 Å². The first-order valence-corrected chi connectivity index (χ1v) is 17.9. The van der Waals surface area contributed by atoms with E-state index in [0.29, 0.717) is 17.5 Å². The van der Waals surface area contributed by atoms with Crippen molar-refractivity contribution in [1.29, 1.82) is 0 Å². The fraction of sp³-hybridized carbons (Fsp3) is 0. The van der Waals surface area contributed by atoms with Gasteiger partial charge in [-0.3, -0.25) is 0 Å². The third-order valence-corrected chi connectivity index (χ3v) is 10.5. The van der Waals surface area contributed by atoms with E-state index in [1.54, 1.807) is 0 Å². The van der Waals surface area contributed by atoms with Gasteiger partial charge in [-0.25, -0.2) is 15.0 Å². The van der Waals surface area contributed by atoms with E-state index in [-0.39, 0.29) is 0 Å². The number of benzene rings is 8. The summed E-state index contributed by atoms with van der Waals surface area (Å²) in [4.78, 5) is 15.6. The summed E-state index contributed by atoms with van der Waals surface area (Å²) in [6, 6.07) is 61.4. The summed E-state index contributed by atoms with van der Waals surface area (Å²) in [7, 11) is 0. The first kappa shape index (κ1) is 29.5. The molecule has 0 spiro atoms. The molecule has 1 aliphatic carbocycles. The van der Waals surface area contributed by atoms with Gasteiger partial charge >= 0.3 is 0 Å². The lowest BCUT2D eigenvalue weighted by Gasteiger charge is -2.15. The Hall–Kier alpha value is -7.17. The van der Waals surface area contributed by atoms with Crippen molar-refractivity contribution >= 4 is 32.7 Å². The third kappa shape index (κ3) is 4.66. The van der Waals surface area contributed by atoms with Crippen molar-refractivity contribution in [2.75, 3.05) is 0 Å². The molecule has 0 fully saturated rings. The Morgan fingerprint density at radius 3 is 1.58 bits per heavy atom. The lowest BCUT2D eigenvalue weighted by atomic mass is 9.91. The zero-order chi connectivity index (χ0) is 34.9. The summed E-state index contributed by atoms with van der Waals surface area (Å²) in [5.41, 5.74) is 14.0. The molecule has 11 rings (SSSR count). The van der Waals surface area contributed by atoms with E-state index in [0.717, 1.165) is 60.9 Å². The molecule has 0 atom stereocenters. The highest BCUT2D eigenvalue weighted by Gasteiger charge is 2.24. The van der Waals surface area contributed by atoms with Gasteiger partial charge in [0.25, 0.3) is 0 Å². The Labute approximate surface area is 305 Å². The first-order chi connectivity index (χ1) is 26.3. The van der Waals surface area contributed by atoms with Crippen LogP contribution in [0.25, 0.3) is 111 Å². The van der Waals surface area contributed by atoms with Crippen molar-refractivity contribution in [3.8, 4) is 78.7 Å². The van der Waals surface area contributed by atoms with E-state index >= 15 is 0 Å². The molecule has 246 valence electrons. The van der Waals surface area contributed by atoms with E-state index < -0.39 is 0 Å². The van der Waals surface area contributed by atoms with Crippen LogP contribution in [0.1, 0.15) is 0 Å². The topological polar surface area (TPSA) is 51.8 Å². The Morgan fingerprint density at radius 2 is 0.830 bits per heavy atom. The van der Waals surface area contributed by atoms with E-state index in [4.69, 9.17) is 19.4 Å². The van der Waals surface area contributed by atoms with Gasteiger partial charge in [-0.05, 0) is 73.5 Å². The second kappa shape index (κ2) is 11.7. The second-order valence-corrected chi connectivity index (χ2v) is 13.5. The number of hydrogen-bond donors (Lipinski definition) is 0. The van der Waals surface area contributed by atoms with Gasteiger partial charge in [-0.1, -0.05) is 158 Å². The molecule has 0 saturated carbocycles. The van der Waals surface area contributed by atoms with Crippen LogP contribution in [0.15, 0.2) is 180 Å². The maximum absolute atomic E-state index is 6.50. The highest BCUT2D eigenvalue weighted by Crippen LogP contribution is 2.50. The van der Waals surface area contributed by atoms with Gasteiger partial charge in [-0.2, -0.15) is 0 Å². The number of nitrogens with zero attached hydrogens (tertiary/aromatic N) is 3. The molecular formula is C49H29N3O. The normalized spacial score (nSPS) is 11.8. The van der Waals surface area contributed by atoms with Gasteiger partial charge in [0.05, 0.1) is 0 Å². The molecule has 4 nitrogen and oxygen atoms in total. The van der Waals surface area contributed by atoms with Crippen LogP contribution in [0, 0.1) is 0 Å². The van der Waals surface area contributed by atoms with Crippen molar-refractivity contribution in [2.24, 2.45) is 0 Å². The van der Waals surface area contributed by atoms with Crippen molar-refractivity contribution in [3.63, 3.8) is 0 Å². The fourth-order valence-corrected chi connectivity index (χ4v) is 8.11. The van der Waals surface area contributed by atoms with Gasteiger partial charge in [0.2, 0.25) is 0 Å². The van der Waals surface area contributed by atoms with Crippen LogP contribution in [-0.4, -0.2) is 15.0 Å². The maximum Gasteiger partial charge on any atom is 0.164 e. The van der Waals surface area contributed by atoms with Crippen LogP contribution in [0.2, 0.25) is 0 Å². The smallest absolute Gasteiger partial charge is 0.164 e. The number of rotatable bonds is 5. The van der Waals surface area contributed by atoms with Gasteiger partial charge in [-0.15, -0.1) is 0 Å². The largest absolute Gasteiger partial charge is 0.456 e. The fourth-order valence-electron chi connectivity index (χ4n) is 8.11. The highest BCUT2D eigenvalue weighted by molar-refractivity contribution is 6.19. The predicted molar refractivity (Wildman–Crippen MR) is 216 cm³/mol. The van der Waals surface area contributed by atoms with Gasteiger partial charge in [0.1, 0.15) is 11.2 Å². The predicted octanol–water partition coefficient (Wildman–Crippen LogP) is 12.9. The standard InChI is InChI=1S/C49H29N3O/c1-3-13-30(14-4-1)32-25-26-41-44(29-32)53-43-24-12-23-42(46(41)43)49-51-47(31-15-5-2-6-16-31)50-48(52-49)40-20-10-9-19-35(40)36-27-28-39-34-18-8-7-17-33(34)37-21-11-22-38(36)45(37)39/h1-29H. The molecular weight excluding hydrogens is 647 g/mol. The van der Waals surface area contributed by atoms with Crippen LogP contribution >= 0.6 is 0 Å². The lowest BCUT2D eigenvalue weighted by molar-refractivity contribution is 0.669. The lowest BCUT2D eigenvalue weighted by Crippen LogP contribution is -2.01. The minimum atomic E-state index is 0.597. The number of aromatic nitrogens is 3. The van der Waals surface area contributed by atoms with Crippen LogP contribution in [-0.2, 0) is 0 Å². The second-order valence-electron chi connectivity index (χ2n) is 13.5. The molecule has 10 aromatic rings. The first-order valence-electron chi connectivity index (χ1n) is 17.9. The van der Waals surface area contributed by atoms with E-state index in [2.05, 4.69) is 140 Å². The summed E-state index contributed by atoms with van der Waals surface area (Å²) in [6.07, 6.45) is 0. The minimum absolute atomic E-state index is 0.597.